The molecule has 2 rings (SSSR count). The summed E-state index contributed by atoms with van der Waals surface area (Å²) >= 11 is 10.9. The minimum atomic E-state index is 0.0786. The van der Waals surface area contributed by atoms with Crippen molar-refractivity contribution in [3.63, 3.8) is 0 Å². The molecule has 1 unspecified atom stereocenters. The Hall–Kier alpha value is -0.320. The van der Waals surface area contributed by atoms with Gasteiger partial charge in [0.05, 0.1) is 11.9 Å². The topological polar surface area (TPSA) is 9.23 Å². The van der Waals surface area contributed by atoms with E-state index in [1.807, 2.05) is 24.3 Å². The molecular weight excluding hydrogens is 436 g/mol. The molecule has 2 aromatic rings. The van der Waals surface area contributed by atoms with Gasteiger partial charge in [0.2, 0.25) is 0 Å². The maximum absolute atomic E-state index is 5.50. The SMILES string of the molecule is COc1cc(C)c(Br)cc1C(Br)c1ccccc1Br. The maximum Gasteiger partial charge on any atom is 0.123 e. The lowest BCUT2D eigenvalue weighted by molar-refractivity contribution is 0.410. The summed E-state index contributed by atoms with van der Waals surface area (Å²) in [6, 6.07) is 12.3. The third-order valence-corrected chi connectivity index (χ3v) is 5.53. The van der Waals surface area contributed by atoms with Crippen molar-refractivity contribution in [2.45, 2.75) is 11.8 Å². The molecule has 0 aliphatic heterocycles. The van der Waals surface area contributed by atoms with Gasteiger partial charge in [0, 0.05) is 14.5 Å². The summed E-state index contributed by atoms with van der Waals surface area (Å²) in [6.07, 6.45) is 0. The van der Waals surface area contributed by atoms with Gasteiger partial charge in [0.25, 0.3) is 0 Å². The van der Waals surface area contributed by atoms with Crippen molar-refractivity contribution < 1.29 is 4.74 Å². The van der Waals surface area contributed by atoms with Crippen LogP contribution >= 0.6 is 47.8 Å². The summed E-state index contributed by atoms with van der Waals surface area (Å²) in [5.41, 5.74) is 3.44. The Morgan fingerprint density at radius 3 is 2.32 bits per heavy atom. The van der Waals surface area contributed by atoms with Crippen LogP contribution in [0.1, 0.15) is 21.5 Å². The zero-order valence-corrected chi connectivity index (χ0v) is 15.3. The number of hydrogen-bond acceptors (Lipinski definition) is 1. The number of methoxy groups -OCH3 is 1. The average molecular weight is 449 g/mol. The summed E-state index contributed by atoms with van der Waals surface area (Å²) in [5.74, 6) is 0.887. The van der Waals surface area contributed by atoms with Gasteiger partial charge in [-0.15, -0.1) is 0 Å². The first-order valence-electron chi connectivity index (χ1n) is 5.77. The Kier molecular flexibility index (Phi) is 5.09. The lowest BCUT2D eigenvalue weighted by Gasteiger charge is -2.17. The average Bonchev–Trinajstić information content (AvgIpc) is 2.41. The van der Waals surface area contributed by atoms with Crippen molar-refractivity contribution in [3.8, 4) is 5.75 Å². The third kappa shape index (κ3) is 3.23. The van der Waals surface area contributed by atoms with E-state index in [0.29, 0.717) is 0 Å². The van der Waals surface area contributed by atoms with Crippen molar-refractivity contribution >= 4 is 47.8 Å². The molecule has 0 saturated carbocycles. The first-order chi connectivity index (χ1) is 9.04. The first-order valence-corrected chi connectivity index (χ1v) is 8.27. The quantitative estimate of drug-likeness (QED) is 0.522. The van der Waals surface area contributed by atoms with Crippen molar-refractivity contribution in [2.24, 2.45) is 0 Å². The van der Waals surface area contributed by atoms with E-state index < -0.39 is 0 Å². The molecule has 1 nitrogen and oxygen atoms in total. The highest BCUT2D eigenvalue weighted by Crippen LogP contribution is 2.41. The van der Waals surface area contributed by atoms with Crippen LogP contribution in [0.3, 0.4) is 0 Å². The molecular formula is C15H13Br3O. The van der Waals surface area contributed by atoms with E-state index in [-0.39, 0.29) is 4.83 Å². The van der Waals surface area contributed by atoms with Gasteiger partial charge in [-0.25, -0.2) is 0 Å². The third-order valence-electron chi connectivity index (χ3n) is 2.96. The molecule has 0 spiro atoms. The van der Waals surface area contributed by atoms with Crippen molar-refractivity contribution in [2.75, 3.05) is 7.11 Å². The number of alkyl halides is 1. The van der Waals surface area contributed by atoms with Crippen molar-refractivity contribution in [1.29, 1.82) is 0 Å². The minimum Gasteiger partial charge on any atom is -0.496 e. The van der Waals surface area contributed by atoms with Crippen LogP contribution in [0.25, 0.3) is 0 Å². The highest BCUT2D eigenvalue weighted by atomic mass is 79.9. The first kappa shape index (κ1) is 15.1. The van der Waals surface area contributed by atoms with Gasteiger partial charge in [-0.1, -0.05) is 66.0 Å². The Labute approximate surface area is 138 Å². The lowest BCUT2D eigenvalue weighted by Crippen LogP contribution is -1.99. The van der Waals surface area contributed by atoms with E-state index >= 15 is 0 Å². The summed E-state index contributed by atoms with van der Waals surface area (Å²) in [4.78, 5) is 0.0786. The van der Waals surface area contributed by atoms with Crippen LogP contribution in [0.4, 0.5) is 0 Å². The van der Waals surface area contributed by atoms with Gasteiger partial charge in [-0.05, 0) is 36.2 Å². The van der Waals surface area contributed by atoms with Gasteiger partial charge < -0.3 is 4.74 Å². The molecule has 4 heteroatoms. The Morgan fingerprint density at radius 1 is 1.00 bits per heavy atom. The fraction of sp³-hybridized carbons (Fsp3) is 0.200. The van der Waals surface area contributed by atoms with Crippen LogP contribution in [0.5, 0.6) is 5.75 Å². The Balaban J connectivity index is 2.52. The molecule has 0 saturated heterocycles. The van der Waals surface area contributed by atoms with E-state index in [9.17, 15) is 0 Å². The zero-order chi connectivity index (χ0) is 14.0. The highest BCUT2D eigenvalue weighted by molar-refractivity contribution is 9.11. The van der Waals surface area contributed by atoms with Crippen LogP contribution in [-0.4, -0.2) is 7.11 Å². The molecule has 2 aromatic carbocycles. The van der Waals surface area contributed by atoms with Crippen molar-refractivity contribution in [3.05, 3.63) is 62.0 Å². The van der Waals surface area contributed by atoms with E-state index in [4.69, 9.17) is 4.74 Å². The van der Waals surface area contributed by atoms with Gasteiger partial charge >= 0.3 is 0 Å². The molecule has 0 fully saturated rings. The van der Waals surface area contributed by atoms with Gasteiger partial charge in [0.15, 0.2) is 0 Å². The smallest absolute Gasteiger partial charge is 0.123 e. The largest absolute Gasteiger partial charge is 0.496 e. The molecule has 0 aromatic heterocycles. The molecule has 100 valence electrons. The summed E-state index contributed by atoms with van der Waals surface area (Å²) < 4.78 is 7.66. The zero-order valence-electron chi connectivity index (χ0n) is 10.6. The van der Waals surface area contributed by atoms with E-state index in [1.165, 1.54) is 5.56 Å². The molecule has 0 aliphatic rings. The fourth-order valence-corrected chi connectivity index (χ4v) is 3.83. The molecule has 1 atom stereocenters. The van der Waals surface area contributed by atoms with Crippen LogP contribution in [-0.2, 0) is 0 Å². The Bertz CT molecular complexity index is 596. The van der Waals surface area contributed by atoms with Gasteiger partial charge in [0.1, 0.15) is 5.75 Å². The number of aryl methyl sites for hydroxylation is 1. The van der Waals surface area contributed by atoms with E-state index in [1.54, 1.807) is 7.11 Å². The molecule has 0 aliphatic carbocycles. The monoisotopic (exact) mass is 446 g/mol. The summed E-state index contributed by atoms with van der Waals surface area (Å²) in [7, 11) is 1.70. The second-order valence-corrected chi connectivity index (χ2v) is 6.85. The number of hydrogen-bond donors (Lipinski definition) is 0. The Morgan fingerprint density at radius 2 is 1.68 bits per heavy atom. The molecule has 0 heterocycles. The molecule has 19 heavy (non-hydrogen) atoms. The van der Waals surface area contributed by atoms with Crippen LogP contribution in [0.15, 0.2) is 45.3 Å². The predicted molar refractivity (Wildman–Crippen MR) is 90.3 cm³/mol. The summed E-state index contributed by atoms with van der Waals surface area (Å²) in [5, 5.41) is 0. The van der Waals surface area contributed by atoms with Crippen molar-refractivity contribution in [1.82, 2.24) is 0 Å². The number of benzene rings is 2. The standard InChI is InChI=1S/C15H13Br3O/c1-9-7-14(19-2)11(8-13(9)17)15(18)10-5-3-4-6-12(10)16/h3-8,15H,1-2H3. The second-order valence-electron chi connectivity index (χ2n) is 4.23. The summed E-state index contributed by atoms with van der Waals surface area (Å²) in [6.45, 7) is 2.05. The number of ether oxygens (including phenoxy) is 1. The minimum absolute atomic E-state index is 0.0786. The van der Waals surface area contributed by atoms with E-state index in [0.717, 1.165) is 25.8 Å². The van der Waals surface area contributed by atoms with Crippen LogP contribution in [0.2, 0.25) is 0 Å². The second kappa shape index (κ2) is 6.42. The molecule has 0 N–H and O–H groups in total. The molecule has 0 bridgehead atoms. The highest BCUT2D eigenvalue weighted by Gasteiger charge is 2.18. The predicted octanol–water partition coefficient (Wildman–Crippen LogP) is 6.01. The van der Waals surface area contributed by atoms with Crippen LogP contribution in [0, 0.1) is 6.92 Å². The fourth-order valence-electron chi connectivity index (χ4n) is 1.89. The molecule has 0 amide bonds. The number of halogens is 3. The molecule has 0 radical (unpaired) electrons. The van der Waals surface area contributed by atoms with E-state index in [2.05, 4.69) is 66.8 Å². The van der Waals surface area contributed by atoms with Crippen LogP contribution < -0.4 is 4.74 Å². The number of rotatable bonds is 3. The normalized spacial score (nSPS) is 12.3. The van der Waals surface area contributed by atoms with Gasteiger partial charge in [-0.2, -0.15) is 0 Å². The maximum atomic E-state index is 5.50. The van der Waals surface area contributed by atoms with Gasteiger partial charge in [-0.3, -0.25) is 0 Å². The lowest BCUT2D eigenvalue weighted by atomic mass is 10.0.